The Morgan fingerprint density at radius 3 is 1.85 bits per heavy atom. The SMILES string of the molecule is CC(C)(C)C(=O)CC(=NN=C1c2ccccc2-c2ccccc21)C(=O)Nc1ccc(Cl)cc1. The Bertz CT molecular complexity index is 1240. The standard InChI is InChI=1S/C27H24ClN3O2/c1-27(2,3)24(32)16-23(26(33)29-18-14-12-17(28)13-15-18)30-31-25-21-10-6-4-8-19(21)20-9-5-7-11-22(20)25/h4-15H,16H2,1-3H3,(H,29,33). The van der Waals surface area contributed by atoms with E-state index in [0.717, 1.165) is 22.3 Å². The molecule has 166 valence electrons. The summed E-state index contributed by atoms with van der Waals surface area (Å²) < 4.78 is 0. The Morgan fingerprint density at radius 2 is 1.33 bits per heavy atom. The third kappa shape index (κ3) is 4.94. The number of nitrogens with zero attached hydrogens (tertiary/aromatic N) is 2. The number of hydrogen-bond acceptors (Lipinski definition) is 4. The molecule has 0 aromatic heterocycles. The van der Waals surface area contributed by atoms with Crippen LogP contribution >= 0.6 is 11.6 Å². The molecule has 5 nitrogen and oxygen atoms in total. The van der Waals surface area contributed by atoms with Crippen LogP contribution in [-0.2, 0) is 9.59 Å². The van der Waals surface area contributed by atoms with Crippen molar-refractivity contribution in [3.63, 3.8) is 0 Å². The molecule has 3 aromatic carbocycles. The van der Waals surface area contributed by atoms with Crippen LogP contribution in [0.3, 0.4) is 0 Å². The van der Waals surface area contributed by atoms with Gasteiger partial charge in [-0.15, -0.1) is 10.2 Å². The molecule has 0 fully saturated rings. The summed E-state index contributed by atoms with van der Waals surface area (Å²) in [5.74, 6) is -0.571. The summed E-state index contributed by atoms with van der Waals surface area (Å²) in [4.78, 5) is 25.8. The van der Waals surface area contributed by atoms with Gasteiger partial charge in [-0.1, -0.05) is 80.9 Å². The molecule has 0 spiro atoms. The van der Waals surface area contributed by atoms with Crippen molar-refractivity contribution >= 4 is 40.4 Å². The fourth-order valence-electron chi connectivity index (χ4n) is 3.53. The number of Topliss-reactive ketones (excluding diaryl/α,β-unsaturated/α-hetero) is 1. The molecule has 6 heteroatoms. The molecule has 4 rings (SSSR count). The lowest BCUT2D eigenvalue weighted by Gasteiger charge is -2.16. The summed E-state index contributed by atoms with van der Waals surface area (Å²) in [6.45, 7) is 5.46. The molecule has 1 N–H and O–H groups in total. The van der Waals surface area contributed by atoms with Crippen molar-refractivity contribution in [2.45, 2.75) is 27.2 Å². The maximum absolute atomic E-state index is 13.1. The van der Waals surface area contributed by atoms with E-state index in [1.54, 1.807) is 24.3 Å². The van der Waals surface area contributed by atoms with E-state index in [1.807, 2.05) is 69.3 Å². The number of ketones is 1. The van der Waals surface area contributed by atoms with Crippen molar-refractivity contribution in [1.82, 2.24) is 0 Å². The number of fused-ring (bicyclic) bond motifs is 3. The molecule has 0 radical (unpaired) electrons. The van der Waals surface area contributed by atoms with Crippen LogP contribution < -0.4 is 5.32 Å². The van der Waals surface area contributed by atoms with E-state index in [0.29, 0.717) is 16.4 Å². The maximum Gasteiger partial charge on any atom is 0.272 e. The van der Waals surface area contributed by atoms with E-state index in [2.05, 4.69) is 15.5 Å². The molecular formula is C27H24ClN3O2. The Kier molecular flexibility index (Phi) is 6.25. The topological polar surface area (TPSA) is 70.9 Å². The van der Waals surface area contributed by atoms with Gasteiger partial charge in [0.2, 0.25) is 0 Å². The minimum Gasteiger partial charge on any atom is -0.321 e. The third-order valence-electron chi connectivity index (χ3n) is 5.45. The smallest absolute Gasteiger partial charge is 0.272 e. The van der Waals surface area contributed by atoms with Crippen molar-refractivity contribution in [1.29, 1.82) is 0 Å². The first-order valence-electron chi connectivity index (χ1n) is 10.7. The average Bonchev–Trinajstić information content (AvgIpc) is 3.11. The second-order valence-corrected chi connectivity index (χ2v) is 9.33. The maximum atomic E-state index is 13.1. The molecule has 0 saturated heterocycles. The predicted octanol–water partition coefficient (Wildman–Crippen LogP) is 6.16. The van der Waals surface area contributed by atoms with Gasteiger partial charge in [0, 0.05) is 27.3 Å². The van der Waals surface area contributed by atoms with Gasteiger partial charge < -0.3 is 5.32 Å². The molecule has 3 aromatic rings. The average molecular weight is 458 g/mol. The molecule has 1 aliphatic rings. The minimum atomic E-state index is -0.610. The van der Waals surface area contributed by atoms with Crippen LogP contribution in [0.2, 0.25) is 5.02 Å². The van der Waals surface area contributed by atoms with Crippen LogP contribution in [0.1, 0.15) is 38.3 Å². The van der Waals surface area contributed by atoms with Gasteiger partial charge in [-0.2, -0.15) is 0 Å². The van der Waals surface area contributed by atoms with Gasteiger partial charge in [-0.05, 0) is 35.4 Å². The highest BCUT2D eigenvalue weighted by molar-refractivity contribution is 6.46. The largest absolute Gasteiger partial charge is 0.321 e. The van der Waals surface area contributed by atoms with Crippen LogP contribution in [0, 0.1) is 5.41 Å². The van der Waals surface area contributed by atoms with Crippen LogP contribution in [0.15, 0.2) is 83.0 Å². The number of hydrogen-bond donors (Lipinski definition) is 1. The van der Waals surface area contributed by atoms with Crippen molar-refractivity contribution in [3.8, 4) is 11.1 Å². The summed E-state index contributed by atoms with van der Waals surface area (Å²) in [6.07, 6.45) is -0.122. The molecule has 0 atom stereocenters. The number of carbonyl (C=O) groups is 2. The van der Waals surface area contributed by atoms with Crippen LogP contribution in [0.5, 0.6) is 0 Å². The van der Waals surface area contributed by atoms with E-state index >= 15 is 0 Å². The number of carbonyl (C=O) groups excluding carboxylic acids is 2. The highest BCUT2D eigenvalue weighted by Crippen LogP contribution is 2.36. The Morgan fingerprint density at radius 1 is 0.818 bits per heavy atom. The molecule has 0 heterocycles. The summed E-state index contributed by atoms with van der Waals surface area (Å²) in [7, 11) is 0. The first-order chi connectivity index (χ1) is 15.7. The Hall–Kier alpha value is -3.57. The van der Waals surface area contributed by atoms with Crippen molar-refractivity contribution < 1.29 is 9.59 Å². The Labute approximate surface area is 198 Å². The van der Waals surface area contributed by atoms with Gasteiger partial charge in [0.25, 0.3) is 5.91 Å². The lowest BCUT2D eigenvalue weighted by atomic mass is 9.87. The number of nitrogens with one attached hydrogen (secondary N) is 1. The molecule has 0 saturated carbocycles. The van der Waals surface area contributed by atoms with Crippen molar-refractivity contribution in [3.05, 3.63) is 88.9 Å². The van der Waals surface area contributed by atoms with E-state index in [4.69, 9.17) is 11.6 Å². The van der Waals surface area contributed by atoms with Gasteiger partial charge in [0.1, 0.15) is 17.2 Å². The molecule has 1 aliphatic carbocycles. The van der Waals surface area contributed by atoms with Gasteiger partial charge in [0.05, 0.1) is 6.42 Å². The highest BCUT2D eigenvalue weighted by Gasteiger charge is 2.27. The minimum absolute atomic E-state index is 0.0548. The zero-order chi connectivity index (χ0) is 23.6. The first kappa shape index (κ1) is 22.6. The molecule has 1 amide bonds. The van der Waals surface area contributed by atoms with E-state index in [-0.39, 0.29) is 17.9 Å². The summed E-state index contributed by atoms with van der Waals surface area (Å²) >= 11 is 5.94. The number of rotatable bonds is 5. The number of benzene rings is 3. The highest BCUT2D eigenvalue weighted by atomic mass is 35.5. The summed E-state index contributed by atoms with van der Waals surface area (Å²) in [5, 5.41) is 12.2. The molecule has 33 heavy (non-hydrogen) atoms. The zero-order valence-corrected chi connectivity index (χ0v) is 19.5. The van der Waals surface area contributed by atoms with E-state index < -0.39 is 11.3 Å². The number of anilines is 1. The summed E-state index contributed by atoms with van der Waals surface area (Å²) in [6, 6.07) is 22.6. The second kappa shape index (κ2) is 9.12. The summed E-state index contributed by atoms with van der Waals surface area (Å²) in [5.41, 5.74) is 4.72. The molecule has 0 aliphatic heterocycles. The fraction of sp³-hybridized carbons (Fsp3) is 0.185. The fourth-order valence-corrected chi connectivity index (χ4v) is 3.65. The van der Waals surface area contributed by atoms with Crippen molar-refractivity contribution in [2.75, 3.05) is 5.32 Å². The Balaban J connectivity index is 1.73. The van der Waals surface area contributed by atoms with Gasteiger partial charge >= 0.3 is 0 Å². The second-order valence-electron chi connectivity index (χ2n) is 8.90. The lowest BCUT2D eigenvalue weighted by molar-refractivity contribution is -0.125. The quantitative estimate of drug-likeness (QED) is 0.288. The van der Waals surface area contributed by atoms with Crippen LogP contribution in [-0.4, -0.2) is 23.1 Å². The van der Waals surface area contributed by atoms with Gasteiger partial charge in [-0.25, -0.2) is 0 Å². The monoisotopic (exact) mass is 457 g/mol. The molecular weight excluding hydrogens is 434 g/mol. The predicted molar refractivity (Wildman–Crippen MR) is 134 cm³/mol. The first-order valence-corrected chi connectivity index (χ1v) is 11.1. The number of amides is 1. The molecule has 0 bridgehead atoms. The van der Waals surface area contributed by atoms with Crippen molar-refractivity contribution in [2.24, 2.45) is 15.6 Å². The zero-order valence-electron chi connectivity index (χ0n) is 18.7. The van der Waals surface area contributed by atoms with E-state index in [9.17, 15) is 9.59 Å². The number of halogens is 1. The van der Waals surface area contributed by atoms with Crippen LogP contribution in [0.25, 0.3) is 11.1 Å². The van der Waals surface area contributed by atoms with E-state index in [1.165, 1.54) is 0 Å². The van der Waals surface area contributed by atoms with Crippen LogP contribution in [0.4, 0.5) is 5.69 Å². The lowest BCUT2D eigenvalue weighted by Crippen LogP contribution is -2.30. The van der Waals surface area contributed by atoms with Gasteiger partial charge in [-0.3, -0.25) is 9.59 Å². The van der Waals surface area contributed by atoms with Gasteiger partial charge in [0.15, 0.2) is 0 Å². The normalized spacial score (nSPS) is 12.7. The third-order valence-corrected chi connectivity index (χ3v) is 5.71. The molecule has 0 unspecified atom stereocenters.